The van der Waals surface area contributed by atoms with E-state index in [9.17, 15) is 13.2 Å². The Morgan fingerprint density at radius 1 is 1.25 bits per heavy atom. The lowest BCUT2D eigenvalue weighted by atomic mass is 10.2. The first kappa shape index (κ1) is 16.7. The number of rotatable bonds is 5. The lowest BCUT2D eigenvalue weighted by Gasteiger charge is -2.16. The van der Waals surface area contributed by atoms with Gasteiger partial charge in [-0.25, -0.2) is 8.42 Å². The molecule has 2 heterocycles. The topological polar surface area (TPSA) is 66.5 Å². The van der Waals surface area contributed by atoms with Gasteiger partial charge in [-0.05, 0) is 41.6 Å². The van der Waals surface area contributed by atoms with Crippen LogP contribution >= 0.6 is 11.3 Å². The van der Waals surface area contributed by atoms with Crippen LogP contribution in [0.15, 0.2) is 47.9 Å². The number of carbonyl (C=O) groups excluding carboxylic acids is 1. The molecule has 0 spiro atoms. The van der Waals surface area contributed by atoms with E-state index in [-0.39, 0.29) is 11.7 Å². The fourth-order valence-electron chi connectivity index (χ4n) is 2.50. The second-order valence-corrected chi connectivity index (χ2v) is 8.51. The first-order valence-corrected chi connectivity index (χ1v) is 10.1. The van der Waals surface area contributed by atoms with Crippen molar-refractivity contribution in [2.75, 3.05) is 16.6 Å². The molecule has 1 fully saturated rings. The van der Waals surface area contributed by atoms with Crippen LogP contribution in [0.25, 0.3) is 6.08 Å². The van der Waals surface area contributed by atoms with Gasteiger partial charge in [-0.2, -0.15) is 0 Å². The van der Waals surface area contributed by atoms with Crippen molar-refractivity contribution in [2.45, 2.75) is 13.0 Å². The highest BCUT2D eigenvalue weighted by Crippen LogP contribution is 2.24. The average Bonchev–Trinajstić information content (AvgIpc) is 3.20. The quantitative estimate of drug-likeness (QED) is 0.832. The summed E-state index contributed by atoms with van der Waals surface area (Å²) in [7, 11) is -3.16. The largest absolute Gasteiger partial charge is 0.348 e. The van der Waals surface area contributed by atoms with Crippen molar-refractivity contribution in [1.82, 2.24) is 5.32 Å². The zero-order valence-corrected chi connectivity index (χ0v) is 14.6. The molecular formula is C17H18N2O3S2. The van der Waals surface area contributed by atoms with Crippen molar-refractivity contribution in [3.05, 3.63) is 58.3 Å². The van der Waals surface area contributed by atoms with Crippen molar-refractivity contribution in [1.29, 1.82) is 0 Å². The summed E-state index contributed by atoms with van der Waals surface area (Å²) in [5, 5.41) is 4.79. The van der Waals surface area contributed by atoms with Crippen molar-refractivity contribution >= 4 is 39.0 Å². The predicted molar refractivity (Wildman–Crippen MR) is 97.4 cm³/mol. The van der Waals surface area contributed by atoms with Gasteiger partial charge in [-0.3, -0.25) is 9.10 Å². The van der Waals surface area contributed by atoms with Crippen LogP contribution in [0.1, 0.15) is 16.9 Å². The Labute approximate surface area is 145 Å². The summed E-state index contributed by atoms with van der Waals surface area (Å²) in [4.78, 5) is 12.9. The van der Waals surface area contributed by atoms with Gasteiger partial charge in [0.2, 0.25) is 15.9 Å². The lowest BCUT2D eigenvalue weighted by molar-refractivity contribution is -0.116. The molecule has 1 aromatic carbocycles. The number of thiophene rings is 1. The van der Waals surface area contributed by atoms with E-state index in [1.807, 2.05) is 29.6 Å². The maximum absolute atomic E-state index is 11.9. The van der Waals surface area contributed by atoms with Gasteiger partial charge in [-0.1, -0.05) is 18.2 Å². The molecular weight excluding hydrogens is 344 g/mol. The SMILES string of the molecule is O=C(C=Cc1ccc(N2CCCS2(=O)=O)cc1)NCc1cccs1. The number of carbonyl (C=O) groups is 1. The van der Waals surface area contributed by atoms with Gasteiger partial charge in [-0.15, -0.1) is 11.3 Å². The Balaban J connectivity index is 1.58. The number of anilines is 1. The van der Waals surface area contributed by atoms with E-state index in [2.05, 4.69) is 5.32 Å². The lowest BCUT2D eigenvalue weighted by Crippen LogP contribution is -2.24. The molecule has 0 bridgehead atoms. The highest BCUT2D eigenvalue weighted by molar-refractivity contribution is 7.93. The Hall–Kier alpha value is -2.12. The zero-order valence-electron chi connectivity index (χ0n) is 13.0. The maximum Gasteiger partial charge on any atom is 0.244 e. The Morgan fingerprint density at radius 2 is 2.04 bits per heavy atom. The molecule has 5 nitrogen and oxygen atoms in total. The molecule has 0 aliphatic carbocycles. The molecule has 0 radical (unpaired) electrons. The van der Waals surface area contributed by atoms with Gasteiger partial charge in [0.05, 0.1) is 18.0 Å². The molecule has 3 rings (SSSR count). The van der Waals surface area contributed by atoms with Crippen molar-refractivity contribution in [2.24, 2.45) is 0 Å². The molecule has 7 heteroatoms. The fourth-order valence-corrected chi connectivity index (χ4v) is 4.71. The molecule has 0 unspecified atom stereocenters. The van der Waals surface area contributed by atoms with E-state index in [4.69, 9.17) is 0 Å². The highest BCUT2D eigenvalue weighted by atomic mass is 32.2. The highest BCUT2D eigenvalue weighted by Gasteiger charge is 2.28. The molecule has 1 N–H and O–H groups in total. The van der Waals surface area contributed by atoms with Crippen LogP contribution in [0.4, 0.5) is 5.69 Å². The van der Waals surface area contributed by atoms with Crippen LogP contribution in [0, 0.1) is 0 Å². The molecule has 1 saturated heterocycles. The van der Waals surface area contributed by atoms with Gasteiger partial charge in [0, 0.05) is 17.5 Å². The van der Waals surface area contributed by atoms with Crippen molar-refractivity contribution < 1.29 is 13.2 Å². The third-order valence-corrected chi connectivity index (χ3v) is 6.47. The number of nitrogens with zero attached hydrogens (tertiary/aromatic N) is 1. The third-order valence-electron chi connectivity index (χ3n) is 3.72. The summed E-state index contributed by atoms with van der Waals surface area (Å²) in [6.45, 7) is 1.05. The Bertz CT molecular complexity index is 825. The zero-order chi connectivity index (χ0) is 17.0. The molecule has 1 aliphatic rings. The first-order valence-electron chi connectivity index (χ1n) is 7.63. The van der Waals surface area contributed by atoms with Crippen molar-refractivity contribution in [3.63, 3.8) is 0 Å². The third kappa shape index (κ3) is 4.04. The Morgan fingerprint density at radius 3 is 2.67 bits per heavy atom. The monoisotopic (exact) mass is 362 g/mol. The normalized spacial score (nSPS) is 16.6. The predicted octanol–water partition coefficient (Wildman–Crippen LogP) is 2.62. The summed E-state index contributed by atoms with van der Waals surface area (Å²) >= 11 is 1.60. The van der Waals surface area contributed by atoms with E-state index in [1.54, 1.807) is 29.5 Å². The van der Waals surface area contributed by atoms with Gasteiger partial charge < -0.3 is 5.32 Å². The van der Waals surface area contributed by atoms with Gasteiger partial charge in [0.1, 0.15) is 0 Å². The van der Waals surface area contributed by atoms with Crippen LogP contribution < -0.4 is 9.62 Å². The standard InChI is InChI=1S/C17H18N2O3S2/c20-17(18-13-16-3-1-11-23-16)9-6-14-4-7-15(8-5-14)19-10-2-12-24(19,21)22/h1,3-9,11H,2,10,12-13H2,(H,18,20). The number of sulfonamides is 1. The fraction of sp³-hybridized carbons (Fsp3) is 0.235. The van der Waals surface area contributed by atoms with Gasteiger partial charge in [0.15, 0.2) is 0 Å². The van der Waals surface area contributed by atoms with Crippen LogP contribution in [0.5, 0.6) is 0 Å². The minimum atomic E-state index is -3.16. The van der Waals surface area contributed by atoms with E-state index in [0.29, 0.717) is 25.2 Å². The number of amides is 1. The first-order chi connectivity index (χ1) is 11.5. The summed E-state index contributed by atoms with van der Waals surface area (Å²) in [5.74, 6) is 0.0496. The summed E-state index contributed by atoms with van der Waals surface area (Å²) in [6, 6.07) is 11.1. The number of benzene rings is 1. The number of hydrogen-bond acceptors (Lipinski definition) is 4. The van der Waals surface area contributed by atoms with Gasteiger partial charge >= 0.3 is 0 Å². The molecule has 0 atom stereocenters. The molecule has 0 saturated carbocycles. The second-order valence-electron chi connectivity index (χ2n) is 5.46. The summed E-state index contributed by atoms with van der Waals surface area (Å²) < 4.78 is 25.2. The van der Waals surface area contributed by atoms with Crippen molar-refractivity contribution in [3.8, 4) is 0 Å². The van der Waals surface area contributed by atoms with Crippen LogP contribution in [-0.2, 0) is 21.4 Å². The van der Waals surface area contributed by atoms with E-state index >= 15 is 0 Å². The molecule has 2 aromatic rings. The average molecular weight is 362 g/mol. The smallest absolute Gasteiger partial charge is 0.244 e. The Kier molecular flexibility index (Phi) is 5.01. The summed E-state index contributed by atoms with van der Waals surface area (Å²) in [5.41, 5.74) is 1.52. The van der Waals surface area contributed by atoms with Crippen LogP contribution in [0.2, 0.25) is 0 Å². The second kappa shape index (κ2) is 7.19. The molecule has 126 valence electrons. The van der Waals surface area contributed by atoms with Crippen LogP contribution in [-0.4, -0.2) is 26.6 Å². The van der Waals surface area contributed by atoms with Gasteiger partial charge in [0.25, 0.3) is 0 Å². The number of hydrogen-bond donors (Lipinski definition) is 1. The minimum absolute atomic E-state index is 0.158. The minimum Gasteiger partial charge on any atom is -0.348 e. The molecule has 1 amide bonds. The molecule has 24 heavy (non-hydrogen) atoms. The molecule has 1 aliphatic heterocycles. The summed E-state index contributed by atoms with van der Waals surface area (Å²) in [6.07, 6.45) is 3.86. The van der Waals surface area contributed by atoms with E-state index < -0.39 is 10.0 Å². The van der Waals surface area contributed by atoms with E-state index in [0.717, 1.165) is 10.4 Å². The van der Waals surface area contributed by atoms with Crippen LogP contribution in [0.3, 0.4) is 0 Å². The number of nitrogens with one attached hydrogen (secondary N) is 1. The molecule has 1 aromatic heterocycles. The maximum atomic E-state index is 11.9. The van der Waals surface area contributed by atoms with E-state index in [1.165, 1.54) is 10.4 Å².